The van der Waals surface area contributed by atoms with Crippen LogP contribution in [0.1, 0.15) is 37.7 Å². The molecule has 0 radical (unpaired) electrons. The third kappa shape index (κ3) is 4.20. The molecule has 158 valence electrons. The van der Waals surface area contributed by atoms with Crippen LogP contribution in [-0.4, -0.2) is 49.9 Å². The quantitative estimate of drug-likeness (QED) is 0.547. The van der Waals surface area contributed by atoms with Gasteiger partial charge in [-0.2, -0.15) is 5.10 Å². The van der Waals surface area contributed by atoms with E-state index in [0.717, 1.165) is 48.9 Å². The lowest BCUT2D eigenvalue weighted by molar-refractivity contribution is -0.121. The van der Waals surface area contributed by atoms with Crippen molar-refractivity contribution in [3.8, 4) is 17.1 Å². The minimum Gasteiger partial charge on any atom is -0.481 e. The zero-order valence-corrected chi connectivity index (χ0v) is 16.9. The van der Waals surface area contributed by atoms with E-state index in [2.05, 4.69) is 20.4 Å². The molecule has 0 saturated heterocycles. The molecule has 9 nitrogen and oxygen atoms in total. The van der Waals surface area contributed by atoms with Crippen LogP contribution in [0.4, 0.5) is 5.82 Å². The minimum atomic E-state index is -0.265. The third-order valence-corrected chi connectivity index (χ3v) is 5.56. The van der Waals surface area contributed by atoms with E-state index in [1.807, 2.05) is 12.1 Å². The Kier molecular flexibility index (Phi) is 5.80. The molecular formula is C21H26N6O3. The molecule has 0 bridgehead atoms. The van der Waals surface area contributed by atoms with Gasteiger partial charge in [0.25, 0.3) is 0 Å². The molecule has 1 saturated carbocycles. The number of nitrogens with one attached hydrogen (secondary N) is 1. The number of methoxy groups -OCH3 is 1. The van der Waals surface area contributed by atoms with E-state index in [1.165, 1.54) is 6.33 Å². The summed E-state index contributed by atoms with van der Waals surface area (Å²) in [5.41, 5.74) is 9.13. The van der Waals surface area contributed by atoms with Crippen molar-refractivity contribution in [2.75, 3.05) is 12.8 Å². The number of nitrogens with two attached hydrogens (primary N) is 1. The zero-order valence-electron chi connectivity index (χ0n) is 16.9. The number of pyridine rings is 1. The molecule has 0 aromatic carbocycles. The van der Waals surface area contributed by atoms with Crippen LogP contribution in [-0.2, 0) is 11.2 Å². The number of rotatable bonds is 5. The second-order valence-corrected chi connectivity index (χ2v) is 7.65. The van der Waals surface area contributed by atoms with Gasteiger partial charge in [-0.1, -0.05) is 0 Å². The summed E-state index contributed by atoms with van der Waals surface area (Å²) in [6, 6.07) is 5.65. The molecule has 1 fully saturated rings. The van der Waals surface area contributed by atoms with Gasteiger partial charge in [-0.15, -0.1) is 0 Å². The van der Waals surface area contributed by atoms with Gasteiger partial charge in [0.15, 0.2) is 5.82 Å². The Morgan fingerprint density at radius 3 is 3.00 bits per heavy atom. The Morgan fingerprint density at radius 2 is 2.17 bits per heavy atom. The Bertz CT molecular complexity index is 1050. The number of carbonyl (C=O) groups is 1. The number of amides is 1. The molecule has 9 heteroatoms. The van der Waals surface area contributed by atoms with Crippen LogP contribution >= 0.6 is 0 Å². The fraction of sp³-hybridized carbons (Fsp3) is 0.429. The Hall–Kier alpha value is -3.20. The third-order valence-electron chi connectivity index (χ3n) is 5.56. The highest BCUT2D eigenvalue weighted by atomic mass is 16.5. The first-order valence-corrected chi connectivity index (χ1v) is 10.1. The normalized spacial score (nSPS) is 19.4. The van der Waals surface area contributed by atoms with Gasteiger partial charge in [-0.05, 0) is 49.8 Å². The van der Waals surface area contributed by atoms with E-state index in [0.29, 0.717) is 17.2 Å². The first-order chi connectivity index (χ1) is 14.5. The minimum absolute atomic E-state index is 0.0778. The van der Waals surface area contributed by atoms with Crippen molar-refractivity contribution in [1.82, 2.24) is 24.9 Å². The number of aliphatic hydroxyl groups is 1. The first-order valence-electron chi connectivity index (χ1n) is 10.1. The summed E-state index contributed by atoms with van der Waals surface area (Å²) in [7, 11) is 1.56. The molecule has 0 spiro atoms. The number of hydrogen-bond donors (Lipinski definition) is 3. The van der Waals surface area contributed by atoms with Gasteiger partial charge < -0.3 is 20.9 Å². The summed E-state index contributed by atoms with van der Waals surface area (Å²) >= 11 is 0. The van der Waals surface area contributed by atoms with Gasteiger partial charge in [0.1, 0.15) is 11.8 Å². The summed E-state index contributed by atoms with van der Waals surface area (Å²) < 4.78 is 6.92. The van der Waals surface area contributed by atoms with E-state index in [-0.39, 0.29) is 24.5 Å². The molecule has 4 N–H and O–H groups in total. The maximum absolute atomic E-state index is 12.8. The molecule has 30 heavy (non-hydrogen) atoms. The number of nitrogens with zero attached hydrogens (tertiary/aromatic N) is 4. The molecule has 1 aliphatic carbocycles. The predicted octanol–water partition coefficient (Wildman–Crippen LogP) is 1.73. The lowest BCUT2D eigenvalue weighted by Gasteiger charge is -2.16. The van der Waals surface area contributed by atoms with E-state index < -0.39 is 0 Å². The fourth-order valence-corrected chi connectivity index (χ4v) is 4.04. The van der Waals surface area contributed by atoms with Crippen molar-refractivity contribution in [3.05, 3.63) is 36.3 Å². The average Bonchev–Trinajstić information content (AvgIpc) is 2.98. The van der Waals surface area contributed by atoms with Crippen LogP contribution in [0.3, 0.4) is 0 Å². The molecule has 3 aromatic heterocycles. The number of fused-ring (bicyclic) bond motifs is 1. The van der Waals surface area contributed by atoms with Crippen molar-refractivity contribution in [2.24, 2.45) is 0 Å². The average molecular weight is 410 g/mol. The molecule has 3 aromatic rings. The van der Waals surface area contributed by atoms with E-state index in [1.54, 1.807) is 23.9 Å². The lowest BCUT2D eigenvalue weighted by atomic mass is 10.1. The van der Waals surface area contributed by atoms with Crippen LogP contribution in [0.5, 0.6) is 5.88 Å². The number of anilines is 1. The van der Waals surface area contributed by atoms with Crippen LogP contribution in [0.2, 0.25) is 0 Å². The first kappa shape index (κ1) is 20.1. The molecule has 0 aliphatic heterocycles. The van der Waals surface area contributed by atoms with Crippen LogP contribution < -0.4 is 15.8 Å². The molecule has 3 heterocycles. The summed E-state index contributed by atoms with van der Waals surface area (Å²) in [6.07, 6.45) is 7.05. The van der Waals surface area contributed by atoms with E-state index in [9.17, 15) is 9.90 Å². The summed E-state index contributed by atoms with van der Waals surface area (Å²) in [5, 5.41) is 17.3. The molecule has 1 amide bonds. The number of hydrogen-bond acceptors (Lipinski definition) is 7. The molecule has 4 rings (SSSR count). The smallest absolute Gasteiger partial charge is 0.224 e. The maximum Gasteiger partial charge on any atom is 0.224 e. The number of ether oxygens (including phenoxy) is 1. The molecule has 0 unspecified atom stereocenters. The number of aliphatic hydroxyl groups excluding tert-OH is 1. The van der Waals surface area contributed by atoms with Gasteiger partial charge in [0.2, 0.25) is 11.8 Å². The number of nitrogen functional groups attached to an aromatic ring is 1. The second kappa shape index (κ2) is 8.66. The Balaban J connectivity index is 1.61. The lowest BCUT2D eigenvalue weighted by Crippen LogP contribution is -2.35. The van der Waals surface area contributed by atoms with E-state index >= 15 is 0 Å². The molecule has 2 atom stereocenters. The van der Waals surface area contributed by atoms with Crippen LogP contribution in [0.25, 0.3) is 16.8 Å². The van der Waals surface area contributed by atoms with Crippen molar-refractivity contribution < 1.29 is 14.6 Å². The predicted molar refractivity (Wildman–Crippen MR) is 112 cm³/mol. The van der Waals surface area contributed by atoms with Crippen LogP contribution in [0, 0.1) is 0 Å². The monoisotopic (exact) mass is 410 g/mol. The van der Waals surface area contributed by atoms with Gasteiger partial charge >= 0.3 is 0 Å². The zero-order chi connectivity index (χ0) is 21.1. The Labute approximate surface area is 174 Å². The van der Waals surface area contributed by atoms with Gasteiger partial charge in [0.05, 0.1) is 25.3 Å². The number of carbonyl (C=O) groups excluding carboxylic acids is 1. The summed E-state index contributed by atoms with van der Waals surface area (Å²) in [5.74, 6) is 0.725. The number of aromatic nitrogens is 4. The van der Waals surface area contributed by atoms with Gasteiger partial charge in [-0.3, -0.25) is 4.79 Å². The largest absolute Gasteiger partial charge is 0.481 e. The molecule has 1 aliphatic rings. The second-order valence-electron chi connectivity index (χ2n) is 7.65. The van der Waals surface area contributed by atoms with Crippen molar-refractivity contribution in [2.45, 2.75) is 50.7 Å². The van der Waals surface area contributed by atoms with Gasteiger partial charge in [-0.25, -0.2) is 14.5 Å². The van der Waals surface area contributed by atoms with Crippen molar-refractivity contribution >= 4 is 17.2 Å². The highest BCUT2D eigenvalue weighted by molar-refractivity contribution is 5.86. The van der Waals surface area contributed by atoms with Gasteiger partial charge in [0, 0.05) is 23.9 Å². The fourth-order valence-electron chi connectivity index (χ4n) is 4.04. The summed E-state index contributed by atoms with van der Waals surface area (Å²) in [4.78, 5) is 21.0. The van der Waals surface area contributed by atoms with E-state index in [4.69, 9.17) is 10.5 Å². The SMILES string of the molecule is COc1cc(-c2cc(CC(=O)N[C@H]3CCC[C@@H](O)CC3)c3c(N)ncnn23)ccn1. The standard InChI is InChI=1S/C21H26N6O3/c1-30-19-11-13(7-8-23-19)17-9-14(20-21(22)24-12-25-27(17)20)10-18(29)26-15-3-2-4-16(28)6-5-15/h7-9,11-12,15-16,28H,2-6,10H2,1H3,(H,26,29)(H2,22,24,25)/t15-,16+/m0/s1. The van der Waals surface area contributed by atoms with Crippen molar-refractivity contribution in [3.63, 3.8) is 0 Å². The maximum atomic E-state index is 12.8. The summed E-state index contributed by atoms with van der Waals surface area (Å²) in [6.45, 7) is 0. The highest BCUT2D eigenvalue weighted by Crippen LogP contribution is 2.29. The van der Waals surface area contributed by atoms with Crippen LogP contribution in [0.15, 0.2) is 30.7 Å². The highest BCUT2D eigenvalue weighted by Gasteiger charge is 2.21. The topological polar surface area (TPSA) is 128 Å². The van der Waals surface area contributed by atoms with Crippen molar-refractivity contribution in [1.29, 1.82) is 0 Å². The Morgan fingerprint density at radius 1 is 1.30 bits per heavy atom. The molecular weight excluding hydrogens is 384 g/mol.